The first-order chi connectivity index (χ1) is 17.7. The van der Waals surface area contributed by atoms with Crippen molar-refractivity contribution in [2.75, 3.05) is 6.54 Å². The molecule has 5 rings (SSSR count). The maximum Gasteiger partial charge on any atom is 0.316 e. The van der Waals surface area contributed by atoms with Crippen LogP contribution in [0.25, 0.3) is 10.6 Å². The van der Waals surface area contributed by atoms with Crippen molar-refractivity contribution in [2.45, 2.75) is 69.4 Å². The summed E-state index contributed by atoms with van der Waals surface area (Å²) >= 11 is 1.70. The highest BCUT2D eigenvalue weighted by Gasteiger charge is 2.45. The number of hydrogen-bond donors (Lipinski definition) is 1. The lowest BCUT2D eigenvalue weighted by molar-refractivity contribution is -0.672. The Morgan fingerprint density at radius 1 is 1.03 bits per heavy atom. The number of ether oxygens (including phenoxy) is 1. The van der Waals surface area contributed by atoms with Crippen molar-refractivity contribution in [2.24, 2.45) is 5.92 Å². The molecule has 2 unspecified atom stereocenters. The van der Waals surface area contributed by atoms with Crippen LogP contribution in [-0.2, 0) is 21.5 Å². The Kier molecular flexibility index (Phi) is 7.98. The molecule has 2 saturated carbocycles. The highest BCUT2D eigenvalue weighted by Crippen LogP contribution is 2.43. The normalized spacial score (nSPS) is 21.4. The number of rotatable bonds is 9. The molecule has 5 heteroatoms. The van der Waals surface area contributed by atoms with Crippen LogP contribution in [0.1, 0.15) is 62.6 Å². The van der Waals surface area contributed by atoms with Crippen molar-refractivity contribution in [3.05, 3.63) is 89.5 Å². The average molecular weight is 502 g/mol. The number of carbonyl (C=O) groups is 1. The molecular weight excluding hydrogens is 464 g/mol. The molecule has 0 amide bonds. The maximum absolute atomic E-state index is 13.7. The lowest BCUT2D eigenvalue weighted by atomic mass is 9.72. The van der Waals surface area contributed by atoms with Gasteiger partial charge in [-0.05, 0) is 18.4 Å². The van der Waals surface area contributed by atoms with Crippen molar-refractivity contribution in [1.82, 2.24) is 4.98 Å². The molecule has 2 aliphatic rings. The number of nitrogens with two attached hydrogens (primary N) is 1. The van der Waals surface area contributed by atoms with E-state index in [1.165, 1.54) is 24.0 Å². The molecule has 2 aliphatic carbocycles. The van der Waals surface area contributed by atoms with E-state index in [0.717, 1.165) is 67.9 Å². The van der Waals surface area contributed by atoms with E-state index in [0.29, 0.717) is 0 Å². The second-order valence-electron chi connectivity index (χ2n) is 10.4. The van der Waals surface area contributed by atoms with Gasteiger partial charge in [0.05, 0.1) is 12.0 Å². The van der Waals surface area contributed by atoms with Crippen molar-refractivity contribution in [3.63, 3.8) is 0 Å². The molecule has 0 saturated heterocycles. The summed E-state index contributed by atoms with van der Waals surface area (Å²) in [5.41, 5.74) is 4.14. The number of esters is 1. The van der Waals surface area contributed by atoms with Crippen molar-refractivity contribution in [1.29, 1.82) is 0 Å². The fourth-order valence-corrected chi connectivity index (χ4v) is 6.62. The van der Waals surface area contributed by atoms with Gasteiger partial charge in [0, 0.05) is 29.7 Å². The molecule has 2 N–H and O–H groups in total. The van der Waals surface area contributed by atoms with Crippen LogP contribution in [-0.4, -0.2) is 23.6 Å². The standard InChI is InChI=1S/C31H36N2O2S/c1-23-20-28(35-30(34)31(17-10-2-3-11-18-31)25-14-8-5-9-15-25)27(23)16-19-32-21-26-22-36-29(33-26)24-12-6-4-7-13-24/h4-9,12-15,22,27-28,32H,1-3,10-11,16-21H2/p+1. The largest absolute Gasteiger partial charge is 0.461 e. The second-order valence-corrected chi connectivity index (χ2v) is 11.2. The quantitative estimate of drug-likeness (QED) is 0.168. The third-order valence-corrected chi connectivity index (χ3v) is 8.92. The summed E-state index contributed by atoms with van der Waals surface area (Å²) < 4.78 is 6.27. The molecule has 36 heavy (non-hydrogen) atoms. The summed E-state index contributed by atoms with van der Waals surface area (Å²) in [7, 11) is 0. The van der Waals surface area contributed by atoms with Crippen LogP contribution in [0.15, 0.2) is 78.2 Å². The number of quaternary nitrogens is 1. The first-order valence-corrected chi connectivity index (χ1v) is 14.3. The summed E-state index contributed by atoms with van der Waals surface area (Å²) in [6, 6.07) is 20.7. The van der Waals surface area contributed by atoms with Gasteiger partial charge in [0.1, 0.15) is 23.4 Å². The van der Waals surface area contributed by atoms with E-state index in [1.54, 1.807) is 11.3 Å². The average Bonchev–Trinajstić information content (AvgIpc) is 3.24. The van der Waals surface area contributed by atoms with E-state index in [-0.39, 0.29) is 18.0 Å². The van der Waals surface area contributed by atoms with Gasteiger partial charge < -0.3 is 10.1 Å². The molecule has 3 aromatic rings. The van der Waals surface area contributed by atoms with Crippen LogP contribution in [0.3, 0.4) is 0 Å². The van der Waals surface area contributed by atoms with Crippen LogP contribution < -0.4 is 5.32 Å². The zero-order valence-electron chi connectivity index (χ0n) is 21.0. The van der Waals surface area contributed by atoms with E-state index in [9.17, 15) is 4.79 Å². The highest BCUT2D eigenvalue weighted by atomic mass is 32.1. The number of aromatic nitrogens is 1. The van der Waals surface area contributed by atoms with Crippen LogP contribution >= 0.6 is 11.3 Å². The predicted octanol–water partition coefficient (Wildman–Crippen LogP) is 6.04. The van der Waals surface area contributed by atoms with Crippen LogP contribution in [0.5, 0.6) is 0 Å². The minimum atomic E-state index is -0.494. The van der Waals surface area contributed by atoms with Crippen molar-refractivity contribution in [3.8, 4) is 10.6 Å². The summed E-state index contributed by atoms with van der Waals surface area (Å²) in [6.07, 6.45) is 8.09. The summed E-state index contributed by atoms with van der Waals surface area (Å²) in [5.74, 6) is 0.247. The van der Waals surface area contributed by atoms with Gasteiger partial charge in [-0.25, -0.2) is 4.98 Å². The SMILES string of the molecule is C=C1CC(OC(=O)C2(c3ccccc3)CCCCCC2)C1CC[NH2+]Cc1csc(-c2ccccc2)n1. The number of hydrogen-bond acceptors (Lipinski definition) is 4. The number of thiazole rings is 1. The van der Waals surface area contributed by atoms with Gasteiger partial charge in [0.25, 0.3) is 0 Å². The minimum Gasteiger partial charge on any atom is -0.461 e. The number of nitrogens with zero attached hydrogens (tertiary/aromatic N) is 1. The van der Waals surface area contributed by atoms with E-state index >= 15 is 0 Å². The second kappa shape index (κ2) is 11.5. The van der Waals surface area contributed by atoms with Crippen LogP contribution in [0, 0.1) is 5.92 Å². The Morgan fingerprint density at radius 2 is 1.72 bits per heavy atom. The number of carbonyl (C=O) groups excluding carboxylic acids is 1. The molecule has 0 radical (unpaired) electrons. The Hall–Kier alpha value is -2.76. The van der Waals surface area contributed by atoms with E-state index in [1.807, 2.05) is 24.3 Å². The fraction of sp³-hybridized carbons (Fsp3) is 0.419. The van der Waals surface area contributed by atoms with Gasteiger partial charge in [-0.15, -0.1) is 11.3 Å². The Balaban J connectivity index is 1.15. The molecule has 188 valence electrons. The summed E-state index contributed by atoms with van der Waals surface area (Å²) in [5, 5.41) is 5.54. The third-order valence-electron chi connectivity index (χ3n) is 7.98. The monoisotopic (exact) mass is 501 g/mol. The molecule has 2 atom stereocenters. The predicted molar refractivity (Wildman–Crippen MR) is 146 cm³/mol. The molecule has 1 aromatic heterocycles. The molecule has 4 nitrogen and oxygen atoms in total. The molecule has 0 aliphatic heterocycles. The zero-order valence-corrected chi connectivity index (χ0v) is 21.8. The van der Waals surface area contributed by atoms with Crippen molar-refractivity contribution < 1.29 is 14.8 Å². The van der Waals surface area contributed by atoms with Gasteiger partial charge >= 0.3 is 5.97 Å². The maximum atomic E-state index is 13.7. The minimum absolute atomic E-state index is 0.0157. The van der Waals surface area contributed by atoms with E-state index in [4.69, 9.17) is 9.72 Å². The summed E-state index contributed by atoms with van der Waals surface area (Å²) in [6.45, 7) is 6.10. The molecule has 2 fully saturated rings. The Labute approximate surface area is 218 Å². The van der Waals surface area contributed by atoms with Gasteiger partial charge in [-0.1, -0.05) is 98.5 Å². The fourth-order valence-electron chi connectivity index (χ4n) is 5.78. The van der Waals surface area contributed by atoms with Gasteiger partial charge in [-0.2, -0.15) is 0 Å². The highest BCUT2D eigenvalue weighted by molar-refractivity contribution is 7.13. The van der Waals surface area contributed by atoms with Crippen LogP contribution in [0.4, 0.5) is 0 Å². The lowest BCUT2D eigenvalue weighted by Gasteiger charge is -2.41. The van der Waals surface area contributed by atoms with E-state index in [2.05, 4.69) is 53.7 Å². The molecule has 0 spiro atoms. The first-order valence-electron chi connectivity index (χ1n) is 13.4. The topological polar surface area (TPSA) is 55.8 Å². The van der Waals surface area contributed by atoms with E-state index < -0.39 is 5.41 Å². The molecule has 1 heterocycles. The van der Waals surface area contributed by atoms with Gasteiger partial charge in [0.15, 0.2) is 0 Å². The Morgan fingerprint density at radius 3 is 2.42 bits per heavy atom. The molecular formula is C31H37N2O2S+. The zero-order chi connectivity index (χ0) is 24.8. The Bertz CT molecular complexity index is 1150. The summed E-state index contributed by atoms with van der Waals surface area (Å²) in [4.78, 5) is 18.5. The molecule has 0 bridgehead atoms. The first kappa shape index (κ1) is 24.9. The molecule has 2 aromatic carbocycles. The smallest absolute Gasteiger partial charge is 0.316 e. The van der Waals surface area contributed by atoms with Crippen LogP contribution in [0.2, 0.25) is 0 Å². The van der Waals surface area contributed by atoms with Crippen molar-refractivity contribution >= 4 is 17.3 Å². The van der Waals surface area contributed by atoms with Gasteiger partial charge in [-0.3, -0.25) is 4.79 Å². The third kappa shape index (κ3) is 5.47. The number of benzene rings is 2. The lowest BCUT2D eigenvalue weighted by Crippen LogP contribution is -2.83. The van der Waals surface area contributed by atoms with Gasteiger partial charge in [0.2, 0.25) is 0 Å².